The van der Waals surface area contributed by atoms with Gasteiger partial charge < -0.3 is 10.4 Å². The highest BCUT2D eigenvalue weighted by Gasteiger charge is 2.19. The van der Waals surface area contributed by atoms with Gasteiger partial charge in [0, 0.05) is 11.8 Å². The van der Waals surface area contributed by atoms with Gasteiger partial charge in [-0.05, 0) is 18.1 Å². The molecule has 7 heteroatoms. The third-order valence-electron chi connectivity index (χ3n) is 3.41. The number of amides is 1. The number of rotatable bonds is 6. The van der Waals surface area contributed by atoms with E-state index in [-0.39, 0.29) is 23.3 Å². The van der Waals surface area contributed by atoms with Crippen molar-refractivity contribution in [1.29, 1.82) is 0 Å². The second-order valence-corrected chi connectivity index (χ2v) is 7.55. The van der Waals surface area contributed by atoms with Crippen molar-refractivity contribution in [3.8, 4) is 0 Å². The Labute approximate surface area is 144 Å². The summed E-state index contributed by atoms with van der Waals surface area (Å²) in [5.41, 5.74) is 0.843. The topological polar surface area (TPSA) is 92.2 Å². The Morgan fingerprint density at radius 1 is 1.21 bits per heavy atom. The Bertz CT molecular complexity index is 735. The van der Waals surface area contributed by atoms with Crippen LogP contribution < -0.4 is 5.32 Å². The van der Waals surface area contributed by atoms with Crippen LogP contribution in [0.15, 0.2) is 24.3 Å². The maximum Gasteiger partial charge on any atom is 0.335 e. The van der Waals surface area contributed by atoms with Crippen LogP contribution in [0.5, 0.6) is 0 Å². The first kappa shape index (κ1) is 18.1. The lowest BCUT2D eigenvalue weighted by atomic mass is 9.98. The van der Waals surface area contributed by atoms with Crippen molar-refractivity contribution in [2.24, 2.45) is 0 Å². The molecular formula is C17H21N3O3S. The molecular weight excluding hydrogens is 326 g/mol. The summed E-state index contributed by atoms with van der Waals surface area (Å²) in [6.07, 6.45) is 0.618. The monoisotopic (exact) mass is 347 g/mol. The van der Waals surface area contributed by atoms with E-state index in [1.54, 1.807) is 24.3 Å². The number of nitrogens with one attached hydrogen (secondary N) is 1. The molecule has 2 aromatic rings. The highest BCUT2D eigenvalue weighted by atomic mass is 32.1. The van der Waals surface area contributed by atoms with E-state index in [0.717, 1.165) is 10.0 Å². The summed E-state index contributed by atoms with van der Waals surface area (Å²) in [7, 11) is 0. The van der Waals surface area contributed by atoms with Gasteiger partial charge in [-0.15, -0.1) is 10.2 Å². The molecule has 0 aliphatic rings. The zero-order valence-electron chi connectivity index (χ0n) is 14.0. The van der Waals surface area contributed by atoms with Crippen LogP contribution in [0.4, 0.5) is 0 Å². The van der Waals surface area contributed by atoms with Crippen LogP contribution in [0.1, 0.15) is 53.1 Å². The molecule has 0 atom stereocenters. The molecule has 2 N–H and O–H groups in total. The van der Waals surface area contributed by atoms with E-state index in [4.69, 9.17) is 5.11 Å². The van der Waals surface area contributed by atoms with Gasteiger partial charge in [-0.1, -0.05) is 50.3 Å². The van der Waals surface area contributed by atoms with Gasteiger partial charge in [0.1, 0.15) is 10.0 Å². The fourth-order valence-corrected chi connectivity index (χ4v) is 2.92. The maximum absolute atomic E-state index is 12.0. The number of aromatic nitrogens is 2. The minimum atomic E-state index is -0.977. The van der Waals surface area contributed by atoms with Crippen molar-refractivity contribution in [1.82, 2.24) is 15.5 Å². The number of carboxylic acids is 1. The minimum absolute atomic E-state index is 0.0551. The molecule has 6 nitrogen and oxygen atoms in total. The molecule has 1 aromatic heterocycles. The fourth-order valence-electron chi connectivity index (χ4n) is 2.09. The second kappa shape index (κ2) is 7.53. The van der Waals surface area contributed by atoms with Crippen molar-refractivity contribution < 1.29 is 14.7 Å². The summed E-state index contributed by atoms with van der Waals surface area (Å²) in [6, 6.07) is 6.73. The summed E-state index contributed by atoms with van der Waals surface area (Å²) in [4.78, 5) is 23.1. The predicted molar refractivity (Wildman–Crippen MR) is 92.2 cm³/mol. The molecule has 0 fully saturated rings. The van der Waals surface area contributed by atoms with Crippen molar-refractivity contribution in [2.75, 3.05) is 0 Å². The zero-order chi connectivity index (χ0) is 17.7. The zero-order valence-corrected chi connectivity index (χ0v) is 14.8. The first-order valence-corrected chi connectivity index (χ1v) is 8.50. The molecule has 0 radical (unpaired) electrons. The van der Waals surface area contributed by atoms with Gasteiger partial charge in [-0.2, -0.15) is 0 Å². The van der Waals surface area contributed by atoms with Gasteiger partial charge in [0.2, 0.25) is 5.91 Å². The Kier molecular flexibility index (Phi) is 5.66. The van der Waals surface area contributed by atoms with Crippen LogP contribution in [-0.4, -0.2) is 27.2 Å². The number of hydrogen-bond acceptors (Lipinski definition) is 5. The van der Waals surface area contributed by atoms with Gasteiger partial charge >= 0.3 is 5.97 Å². The number of carbonyl (C=O) groups excluding carboxylic acids is 1. The number of hydrogen-bond donors (Lipinski definition) is 2. The number of aryl methyl sites for hydroxylation is 1. The van der Waals surface area contributed by atoms with E-state index in [2.05, 4.69) is 36.3 Å². The molecule has 0 spiro atoms. The van der Waals surface area contributed by atoms with E-state index in [1.807, 2.05) is 0 Å². The van der Waals surface area contributed by atoms with Crippen LogP contribution in [0.25, 0.3) is 0 Å². The number of carbonyl (C=O) groups is 2. The van der Waals surface area contributed by atoms with Gasteiger partial charge in [-0.3, -0.25) is 4.79 Å². The molecule has 2 rings (SSSR count). The molecule has 0 saturated heterocycles. The van der Waals surface area contributed by atoms with Gasteiger partial charge in [0.15, 0.2) is 0 Å². The number of nitrogens with zero attached hydrogens (tertiary/aromatic N) is 2. The Morgan fingerprint density at radius 2 is 1.92 bits per heavy atom. The highest BCUT2D eigenvalue weighted by molar-refractivity contribution is 7.11. The summed E-state index contributed by atoms with van der Waals surface area (Å²) in [5.74, 6) is -1.11. The van der Waals surface area contributed by atoms with Crippen molar-refractivity contribution >= 4 is 23.2 Å². The van der Waals surface area contributed by atoms with Crippen molar-refractivity contribution in [2.45, 2.75) is 45.6 Å². The summed E-state index contributed by atoms with van der Waals surface area (Å²) in [5, 5.41) is 21.9. The van der Waals surface area contributed by atoms with E-state index in [0.29, 0.717) is 18.5 Å². The molecule has 0 saturated carbocycles. The first-order valence-electron chi connectivity index (χ1n) is 7.68. The predicted octanol–water partition coefficient (Wildman–Crippen LogP) is 2.78. The quantitative estimate of drug-likeness (QED) is 0.838. The van der Waals surface area contributed by atoms with Crippen molar-refractivity contribution in [3.05, 3.63) is 45.4 Å². The SMILES string of the molecule is CC(C)(C)c1nnc(CNC(=O)CCc2ccccc2C(=O)O)s1. The van der Waals surface area contributed by atoms with E-state index in [9.17, 15) is 9.59 Å². The highest BCUT2D eigenvalue weighted by Crippen LogP contribution is 2.25. The smallest absolute Gasteiger partial charge is 0.335 e. The maximum atomic E-state index is 12.0. The average Bonchev–Trinajstić information content (AvgIpc) is 3.00. The summed E-state index contributed by atoms with van der Waals surface area (Å²) >= 11 is 1.49. The lowest BCUT2D eigenvalue weighted by Gasteiger charge is -2.12. The molecule has 1 heterocycles. The fraction of sp³-hybridized carbons (Fsp3) is 0.412. The standard InChI is InChI=1S/C17H21N3O3S/c1-17(2,3)16-20-19-14(24-16)10-18-13(21)9-8-11-6-4-5-7-12(11)15(22)23/h4-7H,8-10H2,1-3H3,(H,18,21)(H,22,23). The van der Waals surface area contributed by atoms with Crippen LogP contribution in [-0.2, 0) is 23.2 Å². The van der Waals surface area contributed by atoms with Crippen LogP contribution in [0, 0.1) is 0 Å². The molecule has 0 unspecified atom stereocenters. The van der Waals surface area contributed by atoms with Crippen LogP contribution >= 0.6 is 11.3 Å². The summed E-state index contributed by atoms with van der Waals surface area (Å²) < 4.78 is 0. The van der Waals surface area contributed by atoms with Gasteiger partial charge in [0.25, 0.3) is 0 Å². The third kappa shape index (κ3) is 4.86. The number of aromatic carboxylic acids is 1. The minimum Gasteiger partial charge on any atom is -0.478 e. The van der Waals surface area contributed by atoms with Crippen LogP contribution in [0.3, 0.4) is 0 Å². The largest absolute Gasteiger partial charge is 0.478 e. The second-order valence-electron chi connectivity index (χ2n) is 6.49. The first-order chi connectivity index (χ1) is 11.3. The van der Waals surface area contributed by atoms with Gasteiger partial charge in [0.05, 0.1) is 12.1 Å². The van der Waals surface area contributed by atoms with E-state index in [1.165, 1.54) is 11.3 Å². The third-order valence-corrected chi connectivity index (χ3v) is 4.76. The normalized spacial score (nSPS) is 11.3. The Balaban J connectivity index is 1.86. The molecule has 24 heavy (non-hydrogen) atoms. The average molecular weight is 347 g/mol. The summed E-state index contributed by atoms with van der Waals surface area (Å²) in [6.45, 7) is 6.54. The lowest BCUT2D eigenvalue weighted by Crippen LogP contribution is -2.23. The lowest BCUT2D eigenvalue weighted by molar-refractivity contribution is -0.121. The molecule has 1 aromatic carbocycles. The molecule has 0 bridgehead atoms. The molecule has 0 aliphatic carbocycles. The Morgan fingerprint density at radius 3 is 2.54 bits per heavy atom. The Hall–Kier alpha value is -2.28. The van der Waals surface area contributed by atoms with Gasteiger partial charge in [-0.25, -0.2) is 4.79 Å². The van der Waals surface area contributed by atoms with Crippen LogP contribution in [0.2, 0.25) is 0 Å². The number of benzene rings is 1. The van der Waals surface area contributed by atoms with Crippen molar-refractivity contribution in [3.63, 3.8) is 0 Å². The van der Waals surface area contributed by atoms with E-state index < -0.39 is 5.97 Å². The molecule has 1 amide bonds. The number of carboxylic acid groups (broad SMARTS) is 1. The molecule has 0 aliphatic heterocycles. The molecule has 128 valence electrons. The van der Waals surface area contributed by atoms with E-state index >= 15 is 0 Å².